The number of anilines is 3. The van der Waals surface area contributed by atoms with Crippen LogP contribution in [0, 0.1) is 0 Å². The number of rotatable bonds is 7. The van der Waals surface area contributed by atoms with E-state index in [0.29, 0.717) is 11.4 Å². The van der Waals surface area contributed by atoms with Gasteiger partial charge >= 0.3 is 0 Å². The van der Waals surface area contributed by atoms with E-state index in [2.05, 4.69) is 17.6 Å². The Morgan fingerprint density at radius 3 is 2.11 bits per heavy atom. The van der Waals surface area contributed by atoms with Crippen molar-refractivity contribution in [2.75, 3.05) is 22.1 Å². The van der Waals surface area contributed by atoms with E-state index in [4.69, 9.17) is 0 Å². The third-order valence-electron chi connectivity index (χ3n) is 4.07. The smallest absolute Gasteiger partial charge is 0.226 e. The monoisotopic (exact) mass is 367 g/mol. The molecular formula is C21H25N3O3. The third-order valence-corrected chi connectivity index (χ3v) is 4.07. The van der Waals surface area contributed by atoms with E-state index in [0.717, 1.165) is 12.1 Å². The highest BCUT2D eigenvalue weighted by Gasteiger charge is 2.13. The normalized spacial score (nSPS) is 10.2. The Bertz CT molecular complexity index is 816. The summed E-state index contributed by atoms with van der Waals surface area (Å²) in [5.74, 6) is -0.490. The molecule has 2 N–H and O–H groups in total. The highest BCUT2D eigenvalue weighted by molar-refractivity contribution is 5.95. The van der Waals surface area contributed by atoms with Crippen LogP contribution >= 0.6 is 0 Å². The van der Waals surface area contributed by atoms with E-state index in [-0.39, 0.29) is 30.7 Å². The summed E-state index contributed by atoms with van der Waals surface area (Å²) in [6, 6.07) is 14.7. The number of hydrogen-bond acceptors (Lipinski definition) is 3. The molecule has 0 radical (unpaired) electrons. The van der Waals surface area contributed by atoms with E-state index in [1.54, 1.807) is 29.2 Å². The molecule has 0 aromatic heterocycles. The molecule has 6 nitrogen and oxygen atoms in total. The van der Waals surface area contributed by atoms with Crippen LogP contribution in [0.15, 0.2) is 48.5 Å². The van der Waals surface area contributed by atoms with Gasteiger partial charge in [-0.3, -0.25) is 14.4 Å². The Hall–Kier alpha value is -3.15. The molecule has 2 aromatic rings. The summed E-state index contributed by atoms with van der Waals surface area (Å²) in [7, 11) is 0. The molecule has 0 bridgehead atoms. The van der Waals surface area contributed by atoms with Crippen LogP contribution in [-0.2, 0) is 20.8 Å². The maximum absolute atomic E-state index is 12.3. The molecule has 2 rings (SSSR count). The number of amides is 3. The van der Waals surface area contributed by atoms with Crippen molar-refractivity contribution in [1.82, 2.24) is 0 Å². The standard InChI is InChI=1S/C21H25N3O3/c1-4-17-8-10-20(11-9-17)24(16(3)26)13-12-21(27)23-19-7-5-6-18(14-19)22-15(2)25/h5-11,14H,4,12-13H2,1-3H3,(H,22,25)(H,23,27). The summed E-state index contributed by atoms with van der Waals surface area (Å²) in [4.78, 5) is 37.0. The molecule has 0 saturated carbocycles. The first-order valence-corrected chi connectivity index (χ1v) is 8.93. The Morgan fingerprint density at radius 1 is 0.926 bits per heavy atom. The summed E-state index contributed by atoms with van der Waals surface area (Å²) in [5, 5.41) is 5.46. The molecule has 142 valence electrons. The molecule has 2 aromatic carbocycles. The minimum atomic E-state index is -0.202. The fraction of sp³-hybridized carbons (Fsp3) is 0.286. The SMILES string of the molecule is CCc1ccc(N(CCC(=O)Nc2cccc(NC(C)=O)c2)C(C)=O)cc1. The maximum atomic E-state index is 12.3. The predicted molar refractivity (Wildman–Crippen MR) is 108 cm³/mol. The van der Waals surface area contributed by atoms with Gasteiger partial charge in [-0.25, -0.2) is 0 Å². The summed E-state index contributed by atoms with van der Waals surface area (Å²) in [6.45, 7) is 5.28. The average Bonchev–Trinajstić information content (AvgIpc) is 2.62. The number of hydrogen-bond donors (Lipinski definition) is 2. The van der Waals surface area contributed by atoms with Crippen LogP contribution in [0.4, 0.5) is 17.1 Å². The van der Waals surface area contributed by atoms with E-state index in [1.165, 1.54) is 19.4 Å². The van der Waals surface area contributed by atoms with Gasteiger partial charge in [0.15, 0.2) is 0 Å². The first kappa shape index (κ1) is 20.2. The predicted octanol–water partition coefficient (Wildman–Crippen LogP) is 3.59. The second-order valence-corrected chi connectivity index (χ2v) is 6.25. The van der Waals surface area contributed by atoms with Gasteiger partial charge < -0.3 is 15.5 Å². The minimum absolute atomic E-state index is 0.111. The van der Waals surface area contributed by atoms with Crippen molar-refractivity contribution in [3.05, 3.63) is 54.1 Å². The second kappa shape index (κ2) is 9.52. The summed E-state index contributed by atoms with van der Waals surface area (Å²) < 4.78 is 0. The molecular weight excluding hydrogens is 342 g/mol. The molecule has 0 spiro atoms. The molecule has 0 atom stereocenters. The van der Waals surface area contributed by atoms with E-state index in [9.17, 15) is 14.4 Å². The Balaban J connectivity index is 1.97. The van der Waals surface area contributed by atoms with Crippen LogP contribution < -0.4 is 15.5 Å². The second-order valence-electron chi connectivity index (χ2n) is 6.25. The summed E-state index contributed by atoms with van der Waals surface area (Å²) in [6.07, 6.45) is 1.10. The molecule has 3 amide bonds. The molecule has 0 aliphatic rings. The molecule has 0 unspecified atom stereocenters. The van der Waals surface area contributed by atoms with Gasteiger partial charge in [-0.2, -0.15) is 0 Å². The zero-order valence-electron chi connectivity index (χ0n) is 15.9. The lowest BCUT2D eigenvalue weighted by Gasteiger charge is -2.21. The first-order valence-electron chi connectivity index (χ1n) is 8.93. The number of carbonyl (C=O) groups excluding carboxylic acids is 3. The molecule has 0 aliphatic heterocycles. The van der Waals surface area contributed by atoms with Crippen LogP contribution in [-0.4, -0.2) is 24.3 Å². The number of aryl methyl sites for hydroxylation is 1. The molecule has 0 fully saturated rings. The van der Waals surface area contributed by atoms with Crippen LogP contribution in [0.1, 0.15) is 32.8 Å². The van der Waals surface area contributed by atoms with Crippen molar-refractivity contribution in [2.24, 2.45) is 0 Å². The molecule has 0 aliphatic carbocycles. The van der Waals surface area contributed by atoms with Gasteiger partial charge in [0.2, 0.25) is 17.7 Å². The molecule has 0 heterocycles. The van der Waals surface area contributed by atoms with Gasteiger partial charge in [0.1, 0.15) is 0 Å². The highest BCUT2D eigenvalue weighted by atomic mass is 16.2. The van der Waals surface area contributed by atoms with Crippen molar-refractivity contribution in [2.45, 2.75) is 33.6 Å². The molecule has 0 saturated heterocycles. The van der Waals surface area contributed by atoms with Crippen LogP contribution in [0.3, 0.4) is 0 Å². The lowest BCUT2D eigenvalue weighted by molar-refractivity contribution is -0.117. The highest BCUT2D eigenvalue weighted by Crippen LogP contribution is 2.18. The Morgan fingerprint density at radius 2 is 1.56 bits per heavy atom. The number of benzene rings is 2. The fourth-order valence-electron chi connectivity index (χ4n) is 2.69. The minimum Gasteiger partial charge on any atom is -0.326 e. The van der Waals surface area contributed by atoms with Crippen molar-refractivity contribution in [3.8, 4) is 0 Å². The van der Waals surface area contributed by atoms with Gasteiger partial charge in [0, 0.05) is 43.9 Å². The van der Waals surface area contributed by atoms with Gasteiger partial charge in [-0.05, 0) is 42.3 Å². The lowest BCUT2D eigenvalue weighted by Crippen LogP contribution is -2.31. The third kappa shape index (κ3) is 6.26. The van der Waals surface area contributed by atoms with Crippen molar-refractivity contribution in [3.63, 3.8) is 0 Å². The average molecular weight is 367 g/mol. The van der Waals surface area contributed by atoms with Gasteiger partial charge in [-0.1, -0.05) is 25.1 Å². The number of nitrogens with zero attached hydrogens (tertiary/aromatic N) is 1. The largest absolute Gasteiger partial charge is 0.326 e. The quantitative estimate of drug-likeness (QED) is 0.785. The lowest BCUT2D eigenvalue weighted by atomic mass is 10.1. The van der Waals surface area contributed by atoms with Crippen molar-refractivity contribution in [1.29, 1.82) is 0 Å². The molecule has 27 heavy (non-hydrogen) atoms. The van der Waals surface area contributed by atoms with Crippen molar-refractivity contribution < 1.29 is 14.4 Å². The van der Waals surface area contributed by atoms with E-state index in [1.807, 2.05) is 24.3 Å². The van der Waals surface area contributed by atoms with Crippen molar-refractivity contribution >= 4 is 34.8 Å². The Labute approximate surface area is 159 Å². The van der Waals surface area contributed by atoms with Crippen LogP contribution in [0.25, 0.3) is 0 Å². The zero-order valence-corrected chi connectivity index (χ0v) is 15.9. The van der Waals surface area contributed by atoms with Crippen LogP contribution in [0.5, 0.6) is 0 Å². The number of nitrogens with one attached hydrogen (secondary N) is 2. The van der Waals surface area contributed by atoms with E-state index < -0.39 is 0 Å². The zero-order chi connectivity index (χ0) is 19.8. The Kier molecular flexibility index (Phi) is 7.11. The van der Waals surface area contributed by atoms with Gasteiger partial charge in [0.05, 0.1) is 0 Å². The number of carbonyl (C=O) groups is 3. The molecule has 6 heteroatoms. The fourth-order valence-corrected chi connectivity index (χ4v) is 2.69. The summed E-state index contributed by atoms with van der Waals surface area (Å²) in [5.41, 5.74) is 3.17. The topological polar surface area (TPSA) is 78.5 Å². The van der Waals surface area contributed by atoms with Crippen LogP contribution in [0.2, 0.25) is 0 Å². The summed E-state index contributed by atoms with van der Waals surface area (Å²) >= 11 is 0. The van der Waals surface area contributed by atoms with Gasteiger partial charge in [-0.15, -0.1) is 0 Å². The first-order chi connectivity index (χ1) is 12.9. The van der Waals surface area contributed by atoms with E-state index >= 15 is 0 Å². The van der Waals surface area contributed by atoms with Gasteiger partial charge in [0.25, 0.3) is 0 Å². The maximum Gasteiger partial charge on any atom is 0.226 e.